The van der Waals surface area contributed by atoms with Gasteiger partial charge >= 0.3 is 0 Å². The Balaban J connectivity index is 1.39. The Labute approximate surface area is 192 Å². The predicted molar refractivity (Wildman–Crippen MR) is 135 cm³/mol. The van der Waals surface area contributed by atoms with Gasteiger partial charge in [0.15, 0.2) is 0 Å². The molecule has 0 radical (unpaired) electrons. The van der Waals surface area contributed by atoms with Crippen molar-refractivity contribution in [2.45, 2.75) is 25.4 Å². The van der Waals surface area contributed by atoms with Gasteiger partial charge in [-0.2, -0.15) is 0 Å². The SMILES string of the molecule is CN(C)c1ccc(C(O)CCN2CCC(=C(c3ccccc3)c3ccccc3)CC2)cc1. The number of hydrogen-bond donors (Lipinski definition) is 1. The molecular weight excluding hydrogens is 392 g/mol. The van der Waals surface area contributed by atoms with E-state index in [-0.39, 0.29) is 0 Å². The third kappa shape index (κ3) is 5.48. The monoisotopic (exact) mass is 426 g/mol. The summed E-state index contributed by atoms with van der Waals surface area (Å²) in [6.07, 6.45) is 2.51. The Hall–Kier alpha value is -2.88. The lowest BCUT2D eigenvalue weighted by molar-refractivity contribution is 0.139. The van der Waals surface area contributed by atoms with Crippen LogP contribution in [0, 0.1) is 0 Å². The first kappa shape index (κ1) is 22.3. The zero-order valence-electron chi connectivity index (χ0n) is 19.2. The average molecular weight is 427 g/mol. The second-order valence-electron chi connectivity index (χ2n) is 8.84. The highest BCUT2D eigenvalue weighted by Crippen LogP contribution is 2.32. The van der Waals surface area contributed by atoms with Crippen LogP contribution in [0.15, 0.2) is 90.5 Å². The number of piperidine rings is 1. The number of anilines is 1. The minimum absolute atomic E-state index is 0.410. The van der Waals surface area contributed by atoms with Crippen molar-refractivity contribution in [3.63, 3.8) is 0 Å². The Bertz CT molecular complexity index is 959. The van der Waals surface area contributed by atoms with Gasteiger partial charge in [0.2, 0.25) is 0 Å². The molecule has 0 aromatic heterocycles. The van der Waals surface area contributed by atoms with Crippen molar-refractivity contribution in [1.29, 1.82) is 0 Å². The van der Waals surface area contributed by atoms with Crippen molar-refractivity contribution >= 4 is 11.3 Å². The van der Waals surface area contributed by atoms with Gasteiger partial charge in [-0.1, -0.05) is 78.4 Å². The molecule has 0 saturated carbocycles. The zero-order chi connectivity index (χ0) is 22.3. The van der Waals surface area contributed by atoms with Crippen LogP contribution in [0.25, 0.3) is 5.57 Å². The first-order valence-corrected chi connectivity index (χ1v) is 11.6. The quantitative estimate of drug-likeness (QED) is 0.519. The van der Waals surface area contributed by atoms with Crippen molar-refractivity contribution in [1.82, 2.24) is 4.90 Å². The molecule has 1 atom stereocenters. The number of nitrogens with zero attached hydrogens (tertiary/aromatic N) is 2. The van der Waals surface area contributed by atoms with Crippen LogP contribution in [0.3, 0.4) is 0 Å². The van der Waals surface area contributed by atoms with Crippen LogP contribution in [-0.2, 0) is 0 Å². The van der Waals surface area contributed by atoms with Gasteiger partial charge in [0, 0.05) is 39.4 Å². The second kappa shape index (κ2) is 10.6. The Morgan fingerprint density at radius 1 is 0.812 bits per heavy atom. The third-order valence-corrected chi connectivity index (χ3v) is 6.45. The molecule has 32 heavy (non-hydrogen) atoms. The van der Waals surface area contributed by atoms with Crippen LogP contribution in [0.4, 0.5) is 5.69 Å². The molecule has 1 N–H and O–H groups in total. The molecule has 166 valence electrons. The molecule has 1 unspecified atom stereocenters. The maximum atomic E-state index is 10.7. The molecule has 3 nitrogen and oxygen atoms in total. The highest BCUT2D eigenvalue weighted by Gasteiger charge is 2.20. The van der Waals surface area contributed by atoms with Crippen LogP contribution < -0.4 is 4.90 Å². The van der Waals surface area contributed by atoms with Crippen molar-refractivity contribution in [3.05, 3.63) is 107 Å². The van der Waals surface area contributed by atoms with Gasteiger partial charge in [-0.15, -0.1) is 0 Å². The Kier molecular flexibility index (Phi) is 7.41. The van der Waals surface area contributed by atoms with Gasteiger partial charge in [0.25, 0.3) is 0 Å². The second-order valence-corrected chi connectivity index (χ2v) is 8.84. The van der Waals surface area contributed by atoms with E-state index in [1.165, 1.54) is 16.7 Å². The summed E-state index contributed by atoms with van der Waals surface area (Å²) in [4.78, 5) is 4.57. The van der Waals surface area contributed by atoms with E-state index in [4.69, 9.17) is 0 Å². The lowest BCUT2D eigenvalue weighted by atomic mass is 9.88. The van der Waals surface area contributed by atoms with E-state index >= 15 is 0 Å². The number of rotatable bonds is 7. The number of benzene rings is 3. The van der Waals surface area contributed by atoms with Crippen LogP contribution in [0.2, 0.25) is 0 Å². The summed E-state index contributed by atoms with van der Waals surface area (Å²) in [5.41, 5.74) is 7.70. The van der Waals surface area contributed by atoms with E-state index in [1.54, 1.807) is 5.57 Å². The van der Waals surface area contributed by atoms with E-state index in [0.29, 0.717) is 0 Å². The van der Waals surface area contributed by atoms with E-state index in [9.17, 15) is 5.11 Å². The van der Waals surface area contributed by atoms with Crippen molar-refractivity contribution < 1.29 is 5.11 Å². The van der Waals surface area contributed by atoms with Crippen molar-refractivity contribution in [2.75, 3.05) is 38.6 Å². The fourth-order valence-electron chi connectivity index (χ4n) is 4.55. The summed E-state index contributed by atoms with van der Waals surface area (Å²) in [5.74, 6) is 0. The lowest BCUT2D eigenvalue weighted by Crippen LogP contribution is -2.32. The largest absolute Gasteiger partial charge is 0.388 e. The highest BCUT2D eigenvalue weighted by molar-refractivity contribution is 5.82. The smallest absolute Gasteiger partial charge is 0.0802 e. The van der Waals surface area contributed by atoms with Gasteiger partial charge in [0.1, 0.15) is 0 Å². The maximum absolute atomic E-state index is 10.7. The molecule has 0 amide bonds. The first-order valence-electron chi connectivity index (χ1n) is 11.6. The molecule has 3 aromatic carbocycles. The number of likely N-dealkylation sites (tertiary alicyclic amines) is 1. The van der Waals surface area contributed by atoms with E-state index in [1.807, 2.05) is 26.2 Å². The summed E-state index contributed by atoms with van der Waals surface area (Å²) < 4.78 is 0. The summed E-state index contributed by atoms with van der Waals surface area (Å²) in [7, 11) is 4.07. The first-order chi connectivity index (χ1) is 15.6. The minimum Gasteiger partial charge on any atom is -0.388 e. The van der Waals surface area contributed by atoms with Gasteiger partial charge in [-0.25, -0.2) is 0 Å². The standard InChI is InChI=1S/C29H34N2O/c1-30(2)27-15-13-23(14-16-27)28(32)19-22-31-20-17-26(18-21-31)29(24-9-5-3-6-10-24)25-11-7-4-8-12-25/h3-16,28,32H,17-22H2,1-2H3. The van der Waals surface area contributed by atoms with E-state index < -0.39 is 6.10 Å². The molecule has 1 saturated heterocycles. The number of aliphatic hydroxyl groups is 1. The Morgan fingerprint density at radius 3 is 1.84 bits per heavy atom. The summed E-state index contributed by atoms with van der Waals surface area (Å²) in [5, 5.41) is 10.7. The van der Waals surface area contributed by atoms with Gasteiger partial charge in [0.05, 0.1) is 6.10 Å². The predicted octanol–water partition coefficient (Wildman–Crippen LogP) is 5.77. The van der Waals surface area contributed by atoms with Gasteiger partial charge in [-0.3, -0.25) is 0 Å². The summed E-state index contributed by atoms with van der Waals surface area (Å²) >= 11 is 0. The average Bonchev–Trinajstić information content (AvgIpc) is 2.85. The minimum atomic E-state index is -0.410. The van der Waals surface area contributed by atoms with Crippen LogP contribution >= 0.6 is 0 Å². The molecule has 4 rings (SSSR count). The van der Waals surface area contributed by atoms with Crippen molar-refractivity contribution in [2.24, 2.45) is 0 Å². The molecule has 3 heteroatoms. The number of hydrogen-bond acceptors (Lipinski definition) is 3. The zero-order valence-corrected chi connectivity index (χ0v) is 19.2. The van der Waals surface area contributed by atoms with Crippen LogP contribution in [0.5, 0.6) is 0 Å². The molecular formula is C29H34N2O. The molecule has 1 heterocycles. The van der Waals surface area contributed by atoms with E-state index in [2.05, 4.69) is 82.6 Å². The molecule has 0 aliphatic carbocycles. The van der Waals surface area contributed by atoms with Crippen LogP contribution in [0.1, 0.15) is 42.1 Å². The third-order valence-electron chi connectivity index (χ3n) is 6.45. The summed E-state index contributed by atoms with van der Waals surface area (Å²) in [6, 6.07) is 29.8. The molecule has 3 aromatic rings. The molecule has 0 spiro atoms. The Morgan fingerprint density at radius 2 is 1.34 bits per heavy atom. The fraction of sp³-hybridized carbons (Fsp3) is 0.310. The van der Waals surface area contributed by atoms with Crippen LogP contribution in [-0.4, -0.2) is 43.7 Å². The molecule has 1 fully saturated rings. The van der Waals surface area contributed by atoms with Gasteiger partial charge in [-0.05, 0) is 53.7 Å². The number of aliphatic hydroxyl groups excluding tert-OH is 1. The highest BCUT2D eigenvalue weighted by atomic mass is 16.3. The lowest BCUT2D eigenvalue weighted by Gasteiger charge is -2.31. The molecule has 1 aliphatic rings. The van der Waals surface area contributed by atoms with Crippen molar-refractivity contribution in [3.8, 4) is 0 Å². The topological polar surface area (TPSA) is 26.7 Å². The summed E-state index contributed by atoms with van der Waals surface area (Å²) in [6.45, 7) is 3.02. The normalized spacial score (nSPS) is 15.4. The fourth-order valence-corrected chi connectivity index (χ4v) is 4.55. The maximum Gasteiger partial charge on any atom is 0.0802 e. The molecule has 0 bridgehead atoms. The molecule has 1 aliphatic heterocycles. The van der Waals surface area contributed by atoms with E-state index in [0.717, 1.165) is 50.1 Å². The van der Waals surface area contributed by atoms with Gasteiger partial charge < -0.3 is 14.9 Å².